The van der Waals surface area contributed by atoms with Crippen LogP contribution in [0.15, 0.2) is 24.3 Å². The van der Waals surface area contributed by atoms with E-state index in [1.54, 1.807) is 0 Å². The van der Waals surface area contributed by atoms with Crippen molar-refractivity contribution < 1.29 is 4.79 Å². The third kappa shape index (κ3) is 4.13. The van der Waals surface area contributed by atoms with Crippen molar-refractivity contribution in [2.24, 2.45) is 5.92 Å². The summed E-state index contributed by atoms with van der Waals surface area (Å²) in [5.74, 6) is 2.54. The summed E-state index contributed by atoms with van der Waals surface area (Å²) in [5.41, 5.74) is 0.956. The highest BCUT2D eigenvalue weighted by molar-refractivity contribution is 6.31. The third-order valence-corrected chi connectivity index (χ3v) is 5.84. The Kier molecular flexibility index (Phi) is 6.40. The topological polar surface area (TPSA) is 63.1 Å². The molecule has 1 aromatic heterocycles. The summed E-state index contributed by atoms with van der Waals surface area (Å²) in [4.78, 5) is 14.8. The maximum atomic E-state index is 12.9. The molecule has 6 nitrogen and oxygen atoms in total. The molecule has 3 heterocycles. The summed E-state index contributed by atoms with van der Waals surface area (Å²) in [6.07, 6.45) is 3.21. The predicted octanol–water partition coefficient (Wildman–Crippen LogP) is 3.00. The molecule has 2 aliphatic rings. The largest absolute Gasteiger partial charge is 0.329 e. The zero-order valence-corrected chi connectivity index (χ0v) is 17.0. The lowest BCUT2D eigenvalue weighted by Gasteiger charge is -2.33. The Morgan fingerprint density at radius 2 is 1.96 bits per heavy atom. The number of nitrogens with zero attached hydrogens (tertiary/aromatic N) is 4. The minimum Gasteiger partial charge on any atom is -0.329 e. The van der Waals surface area contributed by atoms with Crippen LogP contribution in [0.25, 0.3) is 0 Å². The van der Waals surface area contributed by atoms with E-state index in [0.29, 0.717) is 24.0 Å². The minimum absolute atomic E-state index is 0. The van der Waals surface area contributed by atoms with Gasteiger partial charge >= 0.3 is 0 Å². The molecule has 0 unspecified atom stereocenters. The molecule has 4 rings (SSSR count). The van der Waals surface area contributed by atoms with E-state index < -0.39 is 0 Å². The summed E-state index contributed by atoms with van der Waals surface area (Å²) in [5, 5.41) is 12.9. The molecule has 1 atom stereocenters. The van der Waals surface area contributed by atoms with E-state index in [9.17, 15) is 4.79 Å². The molecular weight excluding hydrogens is 385 g/mol. The Morgan fingerprint density at radius 3 is 2.70 bits per heavy atom. The standard InChI is InChI=1S/C19H24ClN5O.ClH/c1-13-19(26)24(11-15-4-2-3-5-16(15)20)12-18-23-22-17(25(13)18)10-14-6-8-21-9-7-14;/h2-5,13-14,21H,6-12H2,1H3;1H/t13-;/m0./s1. The molecule has 0 saturated carbocycles. The SMILES string of the molecule is C[C@H]1C(=O)N(Cc2ccccc2Cl)Cc2nnc(CC3CCNCC3)n21.Cl. The number of aromatic nitrogens is 3. The van der Waals surface area contributed by atoms with E-state index in [0.717, 1.165) is 49.6 Å². The van der Waals surface area contributed by atoms with Gasteiger partial charge in [-0.2, -0.15) is 0 Å². The molecule has 1 amide bonds. The first kappa shape index (κ1) is 20.1. The van der Waals surface area contributed by atoms with Crippen LogP contribution in [0.5, 0.6) is 0 Å². The van der Waals surface area contributed by atoms with E-state index in [4.69, 9.17) is 11.6 Å². The molecule has 1 saturated heterocycles. The lowest BCUT2D eigenvalue weighted by molar-refractivity contribution is -0.137. The second-order valence-electron chi connectivity index (χ2n) is 7.26. The summed E-state index contributed by atoms with van der Waals surface area (Å²) in [6, 6.07) is 7.39. The zero-order valence-electron chi connectivity index (χ0n) is 15.4. The maximum Gasteiger partial charge on any atom is 0.246 e. The molecule has 2 aromatic rings. The molecule has 1 N–H and O–H groups in total. The molecule has 1 aromatic carbocycles. The Hall–Kier alpha value is -1.63. The fraction of sp³-hybridized carbons (Fsp3) is 0.526. The number of amides is 1. The molecule has 2 aliphatic heterocycles. The first-order chi connectivity index (χ1) is 12.6. The average Bonchev–Trinajstić information content (AvgIpc) is 3.04. The van der Waals surface area contributed by atoms with Crippen molar-refractivity contribution in [2.45, 2.75) is 45.3 Å². The fourth-order valence-electron chi connectivity index (χ4n) is 3.99. The number of halogens is 2. The highest BCUT2D eigenvalue weighted by Crippen LogP contribution is 2.28. The summed E-state index contributed by atoms with van der Waals surface area (Å²) >= 11 is 6.26. The lowest BCUT2D eigenvalue weighted by Crippen LogP contribution is -2.42. The van der Waals surface area contributed by atoms with Gasteiger partial charge in [-0.1, -0.05) is 29.8 Å². The van der Waals surface area contributed by atoms with Crippen molar-refractivity contribution in [3.8, 4) is 0 Å². The molecule has 27 heavy (non-hydrogen) atoms. The molecular formula is C19H25Cl2N5O. The summed E-state index contributed by atoms with van der Waals surface area (Å²) < 4.78 is 2.05. The smallest absolute Gasteiger partial charge is 0.246 e. The molecule has 0 radical (unpaired) electrons. The Balaban J connectivity index is 0.00000210. The van der Waals surface area contributed by atoms with E-state index in [1.807, 2.05) is 40.7 Å². The average molecular weight is 410 g/mol. The maximum absolute atomic E-state index is 12.9. The van der Waals surface area contributed by atoms with Crippen LogP contribution in [0.2, 0.25) is 5.02 Å². The van der Waals surface area contributed by atoms with Crippen molar-refractivity contribution in [3.63, 3.8) is 0 Å². The third-order valence-electron chi connectivity index (χ3n) is 5.47. The highest BCUT2D eigenvalue weighted by atomic mass is 35.5. The Bertz CT molecular complexity index is 803. The van der Waals surface area contributed by atoms with Crippen LogP contribution in [-0.2, 0) is 24.3 Å². The first-order valence-corrected chi connectivity index (χ1v) is 9.67. The van der Waals surface area contributed by atoms with Gasteiger partial charge in [0.15, 0.2) is 5.82 Å². The number of carbonyl (C=O) groups excluding carboxylic acids is 1. The van der Waals surface area contributed by atoms with Gasteiger partial charge < -0.3 is 14.8 Å². The number of fused-ring (bicyclic) bond motifs is 1. The number of carbonyl (C=O) groups is 1. The van der Waals surface area contributed by atoms with Gasteiger partial charge in [-0.25, -0.2) is 0 Å². The Morgan fingerprint density at radius 1 is 1.22 bits per heavy atom. The van der Waals surface area contributed by atoms with Crippen molar-refractivity contribution >= 4 is 29.9 Å². The van der Waals surface area contributed by atoms with Gasteiger partial charge in [-0.05, 0) is 50.4 Å². The van der Waals surface area contributed by atoms with Gasteiger partial charge in [0, 0.05) is 18.0 Å². The van der Waals surface area contributed by atoms with Crippen LogP contribution in [-0.4, -0.2) is 38.7 Å². The normalized spacial score (nSPS) is 20.3. The summed E-state index contributed by atoms with van der Waals surface area (Å²) in [6.45, 7) is 5.05. The number of nitrogens with one attached hydrogen (secondary N) is 1. The van der Waals surface area contributed by atoms with E-state index >= 15 is 0 Å². The number of hydrogen-bond donors (Lipinski definition) is 1. The van der Waals surface area contributed by atoms with Gasteiger partial charge in [-0.3, -0.25) is 4.79 Å². The van der Waals surface area contributed by atoms with Crippen LogP contribution in [0, 0.1) is 5.92 Å². The summed E-state index contributed by atoms with van der Waals surface area (Å²) in [7, 11) is 0. The predicted molar refractivity (Wildman–Crippen MR) is 107 cm³/mol. The second-order valence-corrected chi connectivity index (χ2v) is 7.67. The van der Waals surface area contributed by atoms with Gasteiger partial charge in [-0.15, -0.1) is 22.6 Å². The molecule has 0 spiro atoms. The quantitative estimate of drug-likeness (QED) is 0.842. The van der Waals surface area contributed by atoms with E-state index in [2.05, 4.69) is 15.5 Å². The van der Waals surface area contributed by atoms with Crippen molar-refractivity contribution in [1.29, 1.82) is 0 Å². The van der Waals surface area contributed by atoms with Crippen LogP contribution >= 0.6 is 24.0 Å². The van der Waals surface area contributed by atoms with Gasteiger partial charge in [0.25, 0.3) is 0 Å². The fourth-order valence-corrected chi connectivity index (χ4v) is 4.18. The van der Waals surface area contributed by atoms with Crippen LogP contribution < -0.4 is 5.32 Å². The van der Waals surface area contributed by atoms with Gasteiger partial charge in [0.2, 0.25) is 5.91 Å². The first-order valence-electron chi connectivity index (χ1n) is 9.29. The van der Waals surface area contributed by atoms with Crippen molar-refractivity contribution in [2.75, 3.05) is 13.1 Å². The van der Waals surface area contributed by atoms with Crippen LogP contribution in [0.3, 0.4) is 0 Å². The van der Waals surface area contributed by atoms with Gasteiger partial charge in [0.1, 0.15) is 11.9 Å². The van der Waals surface area contributed by atoms with Crippen LogP contribution in [0.1, 0.15) is 43.0 Å². The molecule has 146 valence electrons. The van der Waals surface area contributed by atoms with E-state index in [-0.39, 0.29) is 24.4 Å². The van der Waals surface area contributed by atoms with Crippen molar-refractivity contribution in [1.82, 2.24) is 25.0 Å². The molecule has 0 aliphatic carbocycles. The van der Waals surface area contributed by atoms with Crippen LogP contribution in [0.4, 0.5) is 0 Å². The zero-order chi connectivity index (χ0) is 18.1. The van der Waals surface area contributed by atoms with Crippen molar-refractivity contribution in [3.05, 3.63) is 46.5 Å². The highest BCUT2D eigenvalue weighted by Gasteiger charge is 2.34. The minimum atomic E-state index is -0.270. The molecule has 8 heteroatoms. The van der Waals surface area contributed by atoms with E-state index in [1.165, 1.54) is 0 Å². The Labute approximate surface area is 170 Å². The number of hydrogen-bond acceptors (Lipinski definition) is 4. The number of benzene rings is 1. The number of rotatable bonds is 4. The lowest BCUT2D eigenvalue weighted by atomic mass is 9.94. The molecule has 1 fully saturated rings. The monoisotopic (exact) mass is 409 g/mol. The molecule has 0 bridgehead atoms. The second kappa shape index (κ2) is 8.59. The van der Waals surface area contributed by atoms with Gasteiger partial charge in [0.05, 0.1) is 6.54 Å². The number of piperidine rings is 1.